The second-order valence-corrected chi connectivity index (χ2v) is 9.83. The van der Waals surface area contributed by atoms with Crippen LogP contribution in [0, 0.1) is 41.9 Å². The molecule has 8 heteroatoms. The van der Waals surface area contributed by atoms with E-state index in [1.807, 2.05) is 18.2 Å². The molecule has 0 fully saturated rings. The van der Waals surface area contributed by atoms with Crippen LogP contribution >= 0.6 is 0 Å². The van der Waals surface area contributed by atoms with E-state index in [9.17, 15) is 26.3 Å². The summed E-state index contributed by atoms with van der Waals surface area (Å²) in [7, 11) is 0. The highest BCUT2D eigenvalue weighted by molar-refractivity contribution is 5.72. The van der Waals surface area contributed by atoms with Gasteiger partial charge in [0.2, 0.25) is 0 Å². The van der Waals surface area contributed by atoms with E-state index in [2.05, 4.69) is 11.7 Å². The first kappa shape index (κ1) is 26.8. The number of alkyl halides is 2. The van der Waals surface area contributed by atoms with Gasteiger partial charge in [-0.05, 0) is 83.3 Å². The van der Waals surface area contributed by atoms with Crippen molar-refractivity contribution in [3.8, 4) is 28.0 Å². The van der Waals surface area contributed by atoms with Crippen molar-refractivity contribution in [2.24, 2.45) is 5.92 Å². The molecule has 202 valence electrons. The summed E-state index contributed by atoms with van der Waals surface area (Å²) in [6, 6.07) is 12.4. The Balaban J connectivity index is 1.43. The van der Waals surface area contributed by atoms with Gasteiger partial charge in [0.25, 0.3) is 0 Å². The molecule has 4 aromatic rings. The Morgan fingerprint density at radius 1 is 0.718 bits per heavy atom. The monoisotopic (exact) mass is 544 g/mol. The first-order valence-corrected chi connectivity index (χ1v) is 12.4. The molecule has 0 saturated heterocycles. The third-order valence-corrected chi connectivity index (χ3v) is 7.18. The highest BCUT2D eigenvalue weighted by Gasteiger charge is 2.41. The average molecular weight is 545 g/mol. The summed E-state index contributed by atoms with van der Waals surface area (Å²) in [6.07, 6.45) is -1.54. The molecule has 39 heavy (non-hydrogen) atoms. The van der Waals surface area contributed by atoms with Gasteiger partial charge in [0.1, 0.15) is 28.8 Å². The predicted octanol–water partition coefficient (Wildman–Crippen LogP) is 9.28. The smallest absolute Gasteiger partial charge is 0.429 e. The molecule has 1 aliphatic carbocycles. The van der Waals surface area contributed by atoms with Crippen LogP contribution in [-0.2, 0) is 19.0 Å². The van der Waals surface area contributed by atoms with Gasteiger partial charge in [-0.2, -0.15) is 8.78 Å². The lowest BCUT2D eigenvalue weighted by atomic mass is 9.96. The van der Waals surface area contributed by atoms with Gasteiger partial charge in [-0.3, -0.25) is 0 Å². The van der Waals surface area contributed by atoms with Crippen molar-refractivity contribution in [3.63, 3.8) is 0 Å². The molecule has 5 rings (SSSR count). The molecule has 4 aromatic carbocycles. The first-order valence-electron chi connectivity index (χ1n) is 12.4. The summed E-state index contributed by atoms with van der Waals surface area (Å²) < 4.78 is 106. The number of fused-ring (bicyclic) bond motifs is 1. The number of ether oxygens (including phenoxy) is 1. The van der Waals surface area contributed by atoms with E-state index in [0.29, 0.717) is 29.7 Å². The third-order valence-electron chi connectivity index (χ3n) is 7.18. The molecule has 1 atom stereocenters. The Labute approximate surface area is 220 Å². The second-order valence-electron chi connectivity index (χ2n) is 9.83. The lowest BCUT2D eigenvalue weighted by molar-refractivity contribution is -0.189. The molecule has 0 N–H and O–H groups in total. The molecular weight excluding hydrogens is 521 g/mol. The molecule has 0 bridgehead atoms. The number of rotatable bonds is 6. The van der Waals surface area contributed by atoms with Crippen LogP contribution < -0.4 is 4.74 Å². The van der Waals surface area contributed by atoms with Gasteiger partial charge in [-0.15, -0.1) is 0 Å². The van der Waals surface area contributed by atoms with Crippen molar-refractivity contribution in [3.05, 3.63) is 112 Å². The Hall–Kier alpha value is -3.81. The van der Waals surface area contributed by atoms with Crippen molar-refractivity contribution in [1.29, 1.82) is 0 Å². The Kier molecular flexibility index (Phi) is 6.91. The number of hydrogen-bond donors (Lipinski definition) is 0. The fourth-order valence-electron chi connectivity index (χ4n) is 5.07. The minimum Gasteiger partial charge on any atom is -0.429 e. The molecule has 1 aliphatic rings. The summed E-state index contributed by atoms with van der Waals surface area (Å²) in [5, 5.41) is 0. The van der Waals surface area contributed by atoms with Crippen molar-refractivity contribution >= 4 is 0 Å². The Bertz CT molecular complexity index is 1530. The van der Waals surface area contributed by atoms with E-state index in [1.165, 1.54) is 23.3 Å². The zero-order chi connectivity index (χ0) is 28.1. The number of hydrogen-bond acceptors (Lipinski definition) is 1. The molecule has 0 saturated carbocycles. The largest absolute Gasteiger partial charge is 0.432 e. The topological polar surface area (TPSA) is 9.23 Å². The minimum absolute atomic E-state index is 0.184. The Morgan fingerprint density at radius 3 is 1.97 bits per heavy atom. The van der Waals surface area contributed by atoms with E-state index in [0.717, 1.165) is 37.8 Å². The SMILES string of the molecule is CCC1Cc2ccc(-c3ccc(-c4cc(F)c(C(F)(F)Oc5cc(C)c(F)c(F)c5)c(F)c4)c(F)c3)cc2C1. The molecular formula is C31H23F7O. The van der Waals surface area contributed by atoms with Crippen LogP contribution in [0.3, 0.4) is 0 Å². The molecule has 0 spiro atoms. The van der Waals surface area contributed by atoms with Gasteiger partial charge in [0, 0.05) is 11.6 Å². The number of aryl methyl sites for hydroxylation is 1. The fourth-order valence-corrected chi connectivity index (χ4v) is 5.07. The molecule has 1 nitrogen and oxygen atoms in total. The van der Waals surface area contributed by atoms with Crippen LogP contribution in [0.15, 0.2) is 60.7 Å². The highest BCUT2D eigenvalue weighted by atomic mass is 19.3. The van der Waals surface area contributed by atoms with E-state index >= 15 is 4.39 Å². The van der Waals surface area contributed by atoms with Crippen molar-refractivity contribution in [1.82, 2.24) is 0 Å². The first-order chi connectivity index (χ1) is 18.5. The highest BCUT2D eigenvalue weighted by Crippen LogP contribution is 2.39. The summed E-state index contributed by atoms with van der Waals surface area (Å²) in [5.74, 6) is -7.13. The van der Waals surface area contributed by atoms with E-state index in [1.54, 1.807) is 6.07 Å². The van der Waals surface area contributed by atoms with Crippen molar-refractivity contribution in [2.75, 3.05) is 0 Å². The zero-order valence-corrected chi connectivity index (χ0v) is 21.0. The molecule has 0 radical (unpaired) electrons. The predicted molar refractivity (Wildman–Crippen MR) is 134 cm³/mol. The molecule has 1 unspecified atom stereocenters. The molecule has 0 aliphatic heterocycles. The van der Waals surface area contributed by atoms with E-state index in [-0.39, 0.29) is 16.7 Å². The number of halogens is 7. The lowest BCUT2D eigenvalue weighted by Gasteiger charge is -2.20. The van der Waals surface area contributed by atoms with Gasteiger partial charge in [-0.1, -0.05) is 43.7 Å². The average Bonchev–Trinajstić information content (AvgIpc) is 3.29. The van der Waals surface area contributed by atoms with Gasteiger partial charge in [0.15, 0.2) is 11.6 Å². The zero-order valence-electron chi connectivity index (χ0n) is 21.0. The third kappa shape index (κ3) is 5.12. The fraction of sp³-hybridized carbons (Fsp3) is 0.226. The van der Waals surface area contributed by atoms with Gasteiger partial charge in [-0.25, -0.2) is 22.0 Å². The summed E-state index contributed by atoms with van der Waals surface area (Å²) in [5.41, 5.74) is 1.30. The standard InChI is InChI=1S/C31H23F7O/c1-3-17-9-18-4-5-19(11-21(18)10-17)20-6-7-24(25(32)12-20)22-13-26(33)29(27(34)14-22)31(37,38)39-23-8-16(2)30(36)28(35)15-23/h4-8,11-15,17H,3,9-10H2,1-2H3. The maximum Gasteiger partial charge on any atom is 0.432 e. The van der Waals surface area contributed by atoms with Crippen LogP contribution in [0.2, 0.25) is 0 Å². The lowest BCUT2D eigenvalue weighted by Crippen LogP contribution is -2.25. The summed E-state index contributed by atoms with van der Waals surface area (Å²) >= 11 is 0. The molecule has 0 amide bonds. The Morgan fingerprint density at radius 2 is 1.33 bits per heavy atom. The summed E-state index contributed by atoms with van der Waals surface area (Å²) in [4.78, 5) is 0. The molecule has 0 heterocycles. The van der Waals surface area contributed by atoms with Gasteiger partial charge >= 0.3 is 6.11 Å². The van der Waals surface area contributed by atoms with Gasteiger partial charge in [0.05, 0.1) is 0 Å². The normalized spacial score (nSPS) is 14.9. The molecule has 0 aromatic heterocycles. The van der Waals surface area contributed by atoms with Crippen molar-refractivity contribution < 1.29 is 35.5 Å². The van der Waals surface area contributed by atoms with Gasteiger partial charge < -0.3 is 4.74 Å². The maximum absolute atomic E-state index is 15.1. The second kappa shape index (κ2) is 10.1. The van der Waals surface area contributed by atoms with Crippen molar-refractivity contribution in [2.45, 2.75) is 39.2 Å². The van der Waals surface area contributed by atoms with Crippen LogP contribution in [-0.4, -0.2) is 0 Å². The van der Waals surface area contributed by atoms with E-state index < -0.39 is 46.5 Å². The number of benzene rings is 4. The van der Waals surface area contributed by atoms with Crippen LogP contribution in [0.25, 0.3) is 22.3 Å². The van der Waals surface area contributed by atoms with Crippen LogP contribution in [0.1, 0.15) is 35.6 Å². The van der Waals surface area contributed by atoms with E-state index in [4.69, 9.17) is 0 Å². The van der Waals surface area contributed by atoms with Crippen LogP contribution in [0.4, 0.5) is 30.7 Å². The minimum atomic E-state index is -4.57. The van der Waals surface area contributed by atoms with Crippen LogP contribution in [0.5, 0.6) is 5.75 Å². The quantitative estimate of drug-likeness (QED) is 0.220. The summed E-state index contributed by atoms with van der Waals surface area (Å²) in [6.45, 7) is 3.26. The maximum atomic E-state index is 15.1.